The second-order valence-electron chi connectivity index (χ2n) is 4.84. The molecule has 0 aliphatic rings. The molecule has 6 nitrogen and oxygen atoms in total. The molecule has 0 aliphatic carbocycles. The lowest BCUT2D eigenvalue weighted by atomic mass is 9.77. The van der Waals surface area contributed by atoms with Crippen molar-refractivity contribution in [1.82, 2.24) is 0 Å². The van der Waals surface area contributed by atoms with E-state index in [1.807, 2.05) is 27.7 Å². The molecule has 0 fully saturated rings. The second kappa shape index (κ2) is 5.56. The van der Waals surface area contributed by atoms with E-state index in [2.05, 4.69) is 4.74 Å². The maximum atomic E-state index is 11.0. The molecule has 0 aromatic heterocycles. The van der Waals surface area contributed by atoms with Crippen molar-refractivity contribution in [2.24, 2.45) is 22.8 Å². The SMILES string of the molecule is CCC(C(N)=C(OC(N)=O)C(=O)O)C(C)(C)C. The van der Waals surface area contributed by atoms with Crippen molar-refractivity contribution in [3.05, 3.63) is 11.5 Å². The summed E-state index contributed by atoms with van der Waals surface area (Å²) in [4.78, 5) is 21.6. The van der Waals surface area contributed by atoms with Crippen LogP contribution in [0.1, 0.15) is 34.1 Å². The summed E-state index contributed by atoms with van der Waals surface area (Å²) in [6.45, 7) is 7.67. The van der Waals surface area contributed by atoms with Gasteiger partial charge in [0.05, 0.1) is 5.70 Å². The molecule has 0 aliphatic heterocycles. The number of carbonyl (C=O) groups excluding carboxylic acids is 1. The van der Waals surface area contributed by atoms with Gasteiger partial charge in [-0.3, -0.25) is 0 Å². The number of carboxylic acids is 1. The first-order valence-electron chi connectivity index (χ1n) is 5.31. The van der Waals surface area contributed by atoms with Gasteiger partial charge in [-0.15, -0.1) is 0 Å². The van der Waals surface area contributed by atoms with Crippen LogP contribution in [0.2, 0.25) is 0 Å². The van der Waals surface area contributed by atoms with Gasteiger partial charge in [0.15, 0.2) is 0 Å². The van der Waals surface area contributed by atoms with Crippen LogP contribution < -0.4 is 11.5 Å². The molecular formula is C11H20N2O4. The molecule has 0 spiro atoms. The number of hydrogen-bond donors (Lipinski definition) is 3. The molecule has 0 bridgehead atoms. The van der Waals surface area contributed by atoms with Gasteiger partial charge in [-0.2, -0.15) is 0 Å². The Kier molecular flexibility index (Phi) is 5.00. The molecule has 0 aromatic carbocycles. The van der Waals surface area contributed by atoms with Crippen LogP contribution in [-0.4, -0.2) is 17.2 Å². The predicted molar refractivity (Wildman–Crippen MR) is 62.8 cm³/mol. The zero-order valence-electron chi connectivity index (χ0n) is 10.6. The molecule has 0 saturated carbocycles. The van der Waals surface area contributed by atoms with Crippen molar-refractivity contribution < 1.29 is 19.4 Å². The van der Waals surface area contributed by atoms with Gasteiger partial charge in [0.2, 0.25) is 5.76 Å². The van der Waals surface area contributed by atoms with E-state index in [4.69, 9.17) is 16.6 Å². The highest BCUT2D eigenvalue weighted by Crippen LogP contribution is 2.33. The Morgan fingerprint density at radius 2 is 1.76 bits per heavy atom. The summed E-state index contributed by atoms with van der Waals surface area (Å²) in [6, 6.07) is 0. The van der Waals surface area contributed by atoms with Gasteiger partial charge in [-0.1, -0.05) is 27.7 Å². The average Bonchev–Trinajstić information content (AvgIpc) is 2.11. The fourth-order valence-corrected chi connectivity index (χ4v) is 1.78. The van der Waals surface area contributed by atoms with E-state index in [1.54, 1.807) is 0 Å². The van der Waals surface area contributed by atoms with Crippen LogP contribution in [0.15, 0.2) is 11.5 Å². The van der Waals surface area contributed by atoms with Crippen molar-refractivity contribution in [1.29, 1.82) is 0 Å². The Hall–Kier alpha value is -1.72. The van der Waals surface area contributed by atoms with E-state index in [1.165, 1.54) is 0 Å². The normalized spacial score (nSPS) is 14.8. The summed E-state index contributed by atoms with van der Waals surface area (Å²) in [5.74, 6) is -2.20. The van der Waals surface area contributed by atoms with Crippen LogP contribution in [0.4, 0.5) is 4.79 Å². The first kappa shape index (κ1) is 15.3. The molecule has 98 valence electrons. The van der Waals surface area contributed by atoms with Crippen molar-refractivity contribution in [2.75, 3.05) is 0 Å². The van der Waals surface area contributed by atoms with Crippen molar-refractivity contribution in [2.45, 2.75) is 34.1 Å². The number of carboxylic acid groups (broad SMARTS) is 1. The van der Waals surface area contributed by atoms with E-state index in [0.29, 0.717) is 6.42 Å². The smallest absolute Gasteiger partial charge is 0.410 e. The van der Waals surface area contributed by atoms with Crippen LogP contribution in [0, 0.1) is 11.3 Å². The summed E-state index contributed by atoms with van der Waals surface area (Å²) < 4.78 is 4.45. The monoisotopic (exact) mass is 244 g/mol. The molecule has 17 heavy (non-hydrogen) atoms. The number of primary amides is 1. The summed E-state index contributed by atoms with van der Waals surface area (Å²) >= 11 is 0. The fraction of sp³-hybridized carbons (Fsp3) is 0.636. The first-order valence-corrected chi connectivity index (χ1v) is 5.31. The average molecular weight is 244 g/mol. The van der Waals surface area contributed by atoms with Crippen molar-refractivity contribution in [3.63, 3.8) is 0 Å². The van der Waals surface area contributed by atoms with Crippen LogP contribution >= 0.6 is 0 Å². The van der Waals surface area contributed by atoms with Gasteiger partial charge < -0.3 is 21.3 Å². The first-order chi connectivity index (χ1) is 7.61. The third kappa shape index (κ3) is 4.34. The zero-order chi connectivity index (χ0) is 13.8. The molecule has 0 saturated heterocycles. The van der Waals surface area contributed by atoms with E-state index in [0.717, 1.165) is 0 Å². The maximum Gasteiger partial charge on any atom is 0.410 e. The minimum Gasteiger partial charge on any atom is -0.475 e. The molecule has 6 heteroatoms. The molecule has 1 atom stereocenters. The number of aliphatic carboxylic acids is 1. The van der Waals surface area contributed by atoms with Gasteiger partial charge in [0.1, 0.15) is 0 Å². The number of ether oxygens (including phenoxy) is 1. The lowest BCUT2D eigenvalue weighted by Crippen LogP contribution is -2.30. The standard InChI is InChI=1S/C11H20N2O4/c1-5-6(11(2,3)4)7(12)8(9(14)15)17-10(13)16/h6H,5,12H2,1-4H3,(H2,13,16)(H,14,15). The third-order valence-electron chi connectivity index (χ3n) is 2.49. The summed E-state index contributed by atoms with van der Waals surface area (Å²) in [5.41, 5.74) is 10.4. The van der Waals surface area contributed by atoms with E-state index >= 15 is 0 Å². The van der Waals surface area contributed by atoms with E-state index < -0.39 is 17.8 Å². The quantitative estimate of drug-likeness (QED) is 0.510. The molecule has 0 rings (SSSR count). The van der Waals surface area contributed by atoms with Gasteiger partial charge in [0, 0.05) is 5.92 Å². The topological polar surface area (TPSA) is 116 Å². The Balaban J connectivity index is 5.45. The van der Waals surface area contributed by atoms with Crippen LogP contribution in [0.5, 0.6) is 0 Å². The Bertz CT molecular complexity index is 342. The molecule has 0 aromatic rings. The third-order valence-corrected chi connectivity index (χ3v) is 2.49. The highest BCUT2D eigenvalue weighted by Gasteiger charge is 2.30. The molecule has 1 unspecified atom stereocenters. The number of carbonyl (C=O) groups is 2. The van der Waals surface area contributed by atoms with Gasteiger partial charge in [-0.05, 0) is 11.8 Å². The lowest BCUT2D eigenvalue weighted by Gasteiger charge is -2.30. The minimum atomic E-state index is -1.40. The largest absolute Gasteiger partial charge is 0.475 e. The number of allylic oxidation sites excluding steroid dienone is 1. The van der Waals surface area contributed by atoms with Crippen molar-refractivity contribution in [3.8, 4) is 0 Å². The second-order valence-corrected chi connectivity index (χ2v) is 4.84. The van der Waals surface area contributed by atoms with E-state index in [-0.39, 0.29) is 17.0 Å². The summed E-state index contributed by atoms with van der Waals surface area (Å²) in [7, 11) is 0. The lowest BCUT2D eigenvalue weighted by molar-refractivity contribution is -0.135. The highest BCUT2D eigenvalue weighted by molar-refractivity contribution is 5.88. The van der Waals surface area contributed by atoms with Gasteiger partial charge in [-0.25, -0.2) is 9.59 Å². The predicted octanol–water partition coefficient (Wildman–Crippen LogP) is 1.41. The van der Waals surface area contributed by atoms with Crippen LogP contribution in [0.3, 0.4) is 0 Å². The van der Waals surface area contributed by atoms with Crippen LogP contribution in [0.25, 0.3) is 0 Å². The Morgan fingerprint density at radius 1 is 1.29 bits per heavy atom. The molecule has 0 heterocycles. The van der Waals surface area contributed by atoms with Gasteiger partial charge in [0.25, 0.3) is 0 Å². The minimum absolute atomic E-state index is 0.0336. The van der Waals surface area contributed by atoms with E-state index in [9.17, 15) is 9.59 Å². The Morgan fingerprint density at radius 3 is 2.00 bits per heavy atom. The molecule has 0 radical (unpaired) electrons. The summed E-state index contributed by atoms with van der Waals surface area (Å²) in [6.07, 6.45) is -0.553. The number of rotatable bonds is 4. The molecular weight excluding hydrogens is 224 g/mol. The Labute approximate surface area is 101 Å². The van der Waals surface area contributed by atoms with Gasteiger partial charge >= 0.3 is 12.1 Å². The van der Waals surface area contributed by atoms with Crippen LogP contribution in [-0.2, 0) is 9.53 Å². The maximum absolute atomic E-state index is 11.0. The fourth-order valence-electron chi connectivity index (χ4n) is 1.78. The number of amides is 1. The zero-order valence-corrected chi connectivity index (χ0v) is 10.6. The number of nitrogens with two attached hydrogens (primary N) is 2. The number of hydrogen-bond acceptors (Lipinski definition) is 4. The van der Waals surface area contributed by atoms with Crippen molar-refractivity contribution >= 4 is 12.1 Å². The molecule has 5 N–H and O–H groups in total. The molecule has 1 amide bonds. The summed E-state index contributed by atoms with van der Waals surface area (Å²) in [5, 5.41) is 8.93. The highest BCUT2D eigenvalue weighted by atomic mass is 16.6.